The minimum atomic E-state index is -0.551. The molecule has 2 rings (SSSR count). The van der Waals surface area contributed by atoms with Crippen LogP contribution < -0.4 is 5.73 Å². The van der Waals surface area contributed by atoms with Crippen molar-refractivity contribution in [2.45, 2.75) is 24.8 Å². The summed E-state index contributed by atoms with van der Waals surface area (Å²) in [5.41, 5.74) is 5.96. The average molecular weight is 279 g/mol. The van der Waals surface area contributed by atoms with Gasteiger partial charge in [0.05, 0.1) is 4.47 Å². The van der Waals surface area contributed by atoms with Crippen LogP contribution in [-0.4, -0.2) is 0 Å². The lowest BCUT2D eigenvalue weighted by atomic mass is 9.72. The molecule has 1 aromatic rings. The molecule has 0 aliphatic heterocycles. The van der Waals surface area contributed by atoms with Gasteiger partial charge in [0.1, 0.15) is 5.82 Å². The highest BCUT2D eigenvalue weighted by molar-refractivity contribution is 9.10. The summed E-state index contributed by atoms with van der Waals surface area (Å²) in [5, 5.41) is 0.424. The minimum Gasteiger partial charge on any atom is -0.321 e. The molecule has 0 heterocycles. The first-order chi connectivity index (χ1) is 6.54. The first-order valence-corrected chi connectivity index (χ1v) is 5.64. The Morgan fingerprint density at radius 3 is 2.57 bits per heavy atom. The Balaban J connectivity index is 2.56. The lowest BCUT2D eigenvalue weighted by Crippen LogP contribution is -2.44. The molecular formula is C10H10BrClFN. The van der Waals surface area contributed by atoms with E-state index >= 15 is 0 Å². The van der Waals surface area contributed by atoms with Gasteiger partial charge in [0.15, 0.2) is 0 Å². The van der Waals surface area contributed by atoms with E-state index in [1.54, 1.807) is 12.1 Å². The third-order valence-electron chi connectivity index (χ3n) is 2.79. The van der Waals surface area contributed by atoms with E-state index in [0.717, 1.165) is 19.3 Å². The summed E-state index contributed by atoms with van der Waals surface area (Å²) >= 11 is 9.09. The summed E-state index contributed by atoms with van der Waals surface area (Å²) in [6.45, 7) is 0. The third-order valence-corrected chi connectivity index (χ3v) is 3.72. The SMILES string of the molecule is NC1(c2c(Cl)ccc(Br)c2F)CCC1. The van der Waals surface area contributed by atoms with E-state index in [1.165, 1.54) is 0 Å². The maximum Gasteiger partial charge on any atom is 0.143 e. The predicted octanol–water partition coefficient (Wildman–Crippen LogP) is 3.58. The van der Waals surface area contributed by atoms with Crippen LogP contribution in [0.25, 0.3) is 0 Å². The molecule has 1 fully saturated rings. The van der Waals surface area contributed by atoms with Crippen LogP contribution in [0.15, 0.2) is 16.6 Å². The molecule has 0 radical (unpaired) electrons. The second kappa shape index (κ2) is 3.47. The predicted molar refractivity (Wildman–Crippen MR) is 58.8 cm³/mol. The molecule has 2 N–H and O–H groups in total. The zero-order valence-electron chi connectivity index (χ0n) is 7.49. The van der Waals surface area contributed by atoms with Crippen LogP contribution in [0.5, 0.6) is 0 Å². The Hall–Kier alpha value is -0.120. The molecule has 76 valence electrons. The van der Waals surface area contributed by atoms with Crippen LogP contribution in [0.2, 0.25) is 5.02 Å². The molecule has 1 aromatic carbocycles. The fourth-order valence-electron chi connectivity index (χ4n) is 1.79. The zero-order chi connectivity index (χ0) is 10.3. The summed E-state index contributed by atoms with van der Waals surface area (Å²) in [6.07, 6.45) is 2.65. The first kappa shape index (κ1) is 10.4. The van der Waals surface area contributed by atoms with E-state index in [9.17, 15) is 4.39 Å². The summed E-state index contributed by atoms with van der Waals surface area (Å²) in [7, 11) is 0. The number of benzene rings is 1. The van der Waals surface area contributed by atoms with Gasteiger partial charge in [-0.15, -0.1) is 0 Å². The number of rotatable bonds is 1. The molecule has 14 heavy (non-hydrogen) atoms. The van der Waals surface area contributed by atoms with Crippen molar-refractivity contribution in [3.05, 3.63) is 33.0 Å². The standard InChI is InChI=1S/C10H10BrClFN/c11-6-2-3-7(12)8(9(6)13)10(14)4-1-5-10/h2-3H,1,4-5,14H2. The Morgan fingerprint density at radius 1 is 1.43 bits per heavy atom. The Morgan fingerprint density at radius 2 is 2.07 bits per heavy atom. The maximum atomic E-state index is 13.8. The topological polar surface area (TPSA) is 26.0 Å². The summed E-state index contributed by atoms with van der Waals surface area (Å²) in [4.78, 5) is 0. The van der Waals surface area contributed by atoms with Gasteiger partial charge in [-0.3, -0.25) is 0 Å². The highest BCUT2D eigenvalue weighted by Crippen LogP contribution is 2.44. The smallest absolute Gasteiger partial charge is 0.143 e. The van der Waals surface area contributed by atoms with Gasteiger partial charge in [-0.1, -0.05) is 11.6 Å². The third kappa shape index (κ3) is 1.47. The van der Waals surface area contributed by atoms with E-state index in [2.05, 4.69) is 15.9 Å². The number of hydrogen-bond acceptors (Lipinski definition) is 1. The molecule has 1 aliphatic carbocycles. The molecule has 1 aliphatic rings. The molecule has 0 spiro atoms. The molecule has 0 aromatic heterocycles. The van der Waals surface area contributed by atoms with Crippen molar-refractivity contribution in [3.8, 4) is 0 Å². The van der Waals surface area contributed by atoms with Gasteiger partial charge in [-0.05, 0) is 47.3 Å². The van der Waals surface area contributed by atoms with Crippen molar-refractivity contribution < 1.29 is 4.39 Å². The molecular weight excluding hydrogens is 268 g/mol. The lowest BCUT2D eigenvalue weighted by molar-refractivity contribution is 0.245. The van der Waals surface area contributed by atoms with Gasteiger partial charge in [0.25, 0.3) is 0 Å². The monoisotopic (exact) mass is 277 g/mol. The maximum absolute atomic E-state index is 13.8. The molecule has 1 saturated carbocycles. The second-order valence-corrected chi connectivity index (χ2v) is 4.99. The van der Waals surface area contributed by atoms with Crippen LogP contribution in [0.1, 0.15) is 24.8 Å². The minimum absolute atomic E-state index is 0.320. The fraction of sp³-hybridized carbons (Fsp3) is 0.400. The van der Waals surface area contributed by atoms with Gasteiger partial charge >= 0.3 is 0 Å². The van der Waals surface area contributed by atoms with E-state index in [1.807, 2.05) is 0 Å². The molecule has 4 heteroatoms. The van der Waals surface area contributed by atoms with E-state index in [4.69, 9.17) is 17.3 Å². The van der Waals surface area contributed by atoms with Crippen molar-refractivity contribution in [1.29, 1.82) is 0 Å². The van der Waals surface area contributed by atoms with Gasteiger partial charge in [0.2, 0.25) is 0 Å². The average Bonchev–Trinajstić information content (AvgIpc) is 2.09. The number of halogens is 3. The van der Waals surface area contributed by atoms with Crippen molar-refractivity contribution in [1.82, 2.24) is 0 Å². The van der Waals surface area contributed by atoms with Gasteiger partial charge in [-0.2, -0.15) is 0 Å². The number of nitrogens with two attached hydrogens (primary N) is 1. The molecule has 1 nitrogen and oxygen atoms in total. The zero-order valence-corrected chi connectivity index (χ0v) is 9.83. The Labute approximate surface area is 95.6 Å². The lowest BCUT2D eigenvalue weighted by Gasteiger charge is -2.39. The normalized spacial score (nSPS) is 19.1. The van der Waals surface area contributed by atoms with Gasteiger partial charge in [0, 0.05) is 16.1 Å². The van der Waals surface area contributed by atoms with Crippen LogP contribution in [0.4, 0.5) is 4.39 Å². The second-order valence-electron chi connectivity index (χ2n) is 3.73. The Bertz CT molecular complexity index is 377. The van der Waals surface area contributed by atoms with E-state index < -0.39 is 5.54 Å². The first-order valence-electron chi connectivity index (χ1n) is 4.47. The molecule has 0 bridgehead atoms. The summed E-state index contributed by atoms with van der Waals surface area (Å²) in [6, 6.07) is 3.28. The van der Waals surface area contributed by atoms with Crippen LogP contribution in [0.3, 0.4) is 0 Å². The van der Waals surface area contributed by atoms with E-state index in [0.29, 0.717) is 15.1 Å². The van der Waals surface area contributed by atoms with E-state index in [-0.39, 0.29) is 5.82 Å². The largest absolute Gasteiger partial charge is 0.321 e. The molecule has 0 unspecified atom stereocenters. The molecule has 0 atom stereocenters. The van der Waals surface area contributed by atoms with Crippen molar-refractivity contribution >= 4 is 27.5 Å². The van der Waals surface area contributed by atoms with Gasteiger partial charge in [-0.25, -0.2) is 4.39 Å². The highest BCUT2D eigenvalue weighted by Gasteiger charge is 2.38. The summed E-state index contributed by atoms with van der Waals surface area (Å²) in [5.74, 6) is -0.320. The van der Waals surface area contributed by atoms with Crippen LogP contribution >= 0.6 is 27.5 Å². The molecule has 0 amide bonds. The van der Waals surface area contributed by atoms with Crippen LogP contribution in [0, 0.1) is 5.82 Å². The van der Waals surface area contributed by atoms with Crippen molar-refractivity contribution in [2.75, 3.05) is 0 Å². The quantitative estimate of drug-likeness (QED) is 0.781. The molecule has 0 saturated heterocycles. The summed E-state index contributed by atoms with van der Waals surface area (Å²) < 4.78 is 14.2. The Kier molecular flexibility index (Phi) is 2.58. The van der Waals surface area contributed by atoms with Gasteiger partial charge < -0.3 is 5.73 Å². The van der Waals surface area contributed by atoms with Crippen molar-refractivity contribution in [2.24, 2.45) is 5.73 Å². The van der Waals surface area contributed by atoms with Crippen molar-refractivity contribution in [3.63, 3.8) is 0 Å². The fourth-order valence-corrected chi connectivity index (χ4v) is 2.46. The van der Waals surface area contributed by atoms with Crippen LogP contribution in [-0.2, 0) is 5.54 Å². The number of hydrogen-bond donors (Lipinski definition) is 1. The highest BCUT2D eigenvalue weighted by atomic mass is 79.9.